The van der Waals surface area contributed by atoms with Crippen LogP contribution in [0.4, 0.5) is 0 Å². The topological polar surface area (TPSA) is 123 Å². The smallest absolute Gasteiger partial charge is 0.364 e. The van der Waals surface area contributed by atoms with Crippen LogP contribution in [0, 0.1) is 0 Å². The van der Waals surface area contributed by atoms with Gasteiger partial charge in [0.25, 0.3) is 0 Å². The third-order valence-corrected chi connectivity index (χ3v) is 3.95. The molecule has 10 heteroatoms. The van der Waals surface area contributed by atoms with Crippen LogP contribution in [0.3, 0.4) is 0 Å². The first kappa shape index (κ1) is 14.1. The fraction of sp³-hybridized carbons (Fsp3) is 0.714. The summed E-state index contributed by atoms with van der Waals surface area (Å²) in [5, 5.41) is 3.96. The first-order valence-electron chi connectivity index (χ1n) is 4.77. The van der Waals surface area contributed by atoms with Crippen molar-refractivity contribution in [1.82, 2.24) is 14.5 Å². The van der Waals surface area contributed by atoms with E-state index in [1.165, 1.54) is 0 Å². The molecule has 0 aliphatic heterocycles. The second-order valence-corrected chi connectivity index (χ2v) is 7.01. The monoisotopic (exact) mass is 281 g/mol. The molecule has 0 unspecified atom stereocenters. The van der Waals surface area contributed by atoms with Crippen molar-refractivity contribution in [3.8, 4) is 0 Å². The maximum absolute atomic E-state index is 11.6. The highest BCUT2D eigenvalue weighted by Crippen LogP contribution is 2.10. The number of nitrogens with zero attached hydrogens (tertiary/aromatic N) is 3. The van der Waals surface area contributed by atoms with E-state index in [4.69, 9.17) is 5.84 Å². The molecular weight excluding hydrogens is 268 g/mol. The third-order valence-electron chi connectivity index (χ3n) is 1.94. The molecule has 2 N–H and O–H groups in total. The quantitative estimate of drug-likeness (QED) is 0.420. The van der Waals surface area contributed by atoms with Gasteiger partial charge in [-0.3, -0.25) is 0 Å². The summed E-state index contributed by atoms with van der Waals surface area (Å²) in [7, 11) is -4.11. The Morgan fingerprint density at radius 3 is 2.53 bits per heavy atom. The van der Waals surface area contributed by atoms with Gasteiger partial charge in [0, 0.05) is 11.7 Å². The van der Waals surface area contributed by atoms with Gasteiger partial charge in [0.2, 0.25) is 0 Å². The fourth-order valence-corrected chi connectivity index (χ4v) is 2.49. The standard InChI is InChI=1S/C7H14N4O4S2/c1-5(2)6-9-10(7(12)11(6)8)3-4-16-17(13,14)15/h5H,3-4,8H2,1-2H3,(H,13,14,15)/p-1. The van der Waals surface area contributed by atoms with Crippen molar-refractivity contribution in [2.24, 2.45) is 0 Å². The Morgan fingerprint density at radius 2 is 2.12 bits per heavy atom. The van der Waals surface area contributed by atoms with Gasteiger partial charge in [0.15, 0.2) is 5.82 Å². The molecule has 0 aliphatic rings. The number of aromatic nitrogens is 3. The van der Waals surface area contributed by atoms with Crippen molar-refractivity contribution in [3.63, 3.8) is 0 Å². The van der Waals surface area contributed by atoms with Crippen LogP contribution >= 0.6 is 10.8 Å². The van der Waals surface area contributed by atoms with E-state index in [9.17, 15) is 17.8 Å². The zero-order chi connectivity index (χ0) is 13.2. The molecule has 1 rings (SSSR count). The highest BCUT2D eigenvalue weighted by molar-refractivity contribution is 8.69. The summed E-state index contributed by atoms with van der Waals surface area (Å²) in [5.41, 5.74) is -0.530. The number of nitrogens with two attached hydrogens (primary N) is 1. The molecule has 0 bridgehead atoms. The summed E-state index contributed by atoms with van der Waals surface area (Å²) in [6, 6.07) is 0. The number of hydrogen-bond acceptors (Lipinski definition) is 7. The molecule has 1 aromatic heterocycles. The SMILES string of the molecule is CC(C)c1nn(CCSS(=O)(=O)[O-])c(=O)n1N. The number of nitrogen functional groups attached to an aromatic ring is 1. The summed E-state index contributed by atoms with van der Waals surface area (Å²) < 4.78 is 33.0. The van der Waals surface area contributed by atoms with E-state index < -0.39 is 14.8 Å². The molecule has 1 aromatic rings. The van der Waals surface area contributed by atoms with Crippen LogP contribution < -0.4 is 11.5 Å². The molecule has 98 valence electrons. The summed E-state index contributed by atoms with van der Waals surface area (Å²) in [6.45, 7) is 3.67. The van der Waals surface area contributed by atoms with E-state index in [1.54, 1.807) is 0 Å². The number of aryl methyl sites for hydroxylation is 1. The van der Waals surface area contributed by atoms with Crippen LogP contribution in [0.1, 0.15) is 25.6 Å². The van der Waals surface area contributed by atoms with E-state index in [0.717, 1.165) is 9.36 Å². The lowest BCUT2D eigenvalue weighted by atomic mass is 10.2. The Balaban J connectivity index is 2.80. The third kappa shape index (κ3) is 3.75. The van der Waals surface area contributed by atoms with Crippen molar-refractivity contribution < 1.29 is 13.0 Å². The highest BCUT2D eigenvalue weighted by atomic mass is 33.1. The van der Waals surface area contributed by atoms with Crippen LogP contribution in [0.5, 0.6) is 0 Å². The second-order valence-electron chi connectivity index (χ2n) is 3.62. The Bertz CT molecular complexity index is 545. The zero-order valence-electron chi connectivity index (χ0n) is 9.36. The molecule has 0 aliphatic carbocycles. The van der Waals surface area contributed by atoms with Crippen molar-refractivity contribution in [2.75, 3.05) is 11.6 Å². The van der Waals surface area contributed by atoms with Gasteiger partial charge >= 0.3 is 5.69 Å². The Morgan fingerprint density at radius 1 is 1.53 bits per heavy atom. The van der Waals surface area contributed by atoms with E-state index in [2.05, 4.69) is 5.10 Å². The minimum Gasteiger partial charge on any atom is -0.739 e. The molecular formula is C7H13N4O4S2-. The lowest BCUT2D eigenvalue weighted by Gasteiger charge is -2.04. The van der Waals surface area contributed by atoms with Crippen molar-refractivity contribution >= 4 is 19.9 Å². The Labute approximate surface area is 102 Å². The largest absolute Gasteiger partial charge is 0.739 e. The maximum atomic E-state index is 11.6. The van der Waals surface area contributed by atoms with E-state index >= 15 is 0 Å². The number of hydrogen-bond donors (Lipinski definition) is 1. The van der Waals surface area contributed by atoms with Crippen molar-refractivity contribution in [1.29, 1.82) is 0 Å². The molecule has 8 nitrogen and oxygen atoms in total. The van der Waals surface area contributed by atoms with Crippen molar-refractivity contribution in [2.45, 2.75) is 26.3 Å². The van der Waals surface area contributed by atoms with Gasteiger partial charge in [-0.05, 0) is 10.8 Å². The average molecular weight is 281 g/mol. The van der Waals surface area contributed by atoms with Crippen LogP contribution in [-0.2, 0) is 15.7 Å². The van der Waals surface area contributed by atoms with Crippen LogP contribution in [0.15, 0.2) is 4.79 Å². The fourth-order valence-electron chi connectivity index (χ4n) is 1.20. The van der Waals surface area contributed by atoms with Gasteiger partial charge in [-0.15, -0.1) is 0 Å². The van der Waals surface area contributed by atoms with Gasteiger partial charge in [-0.1, -0.05) is 13.8 Å². The molecule has 0 spiro atoms. The molecule has 0 aromatic carbocycles. The normalized spacial score (nSPS) is 12.2. The van der Waals surface area contributed by atoms with Gasteiger partial charge in [-0.25, -0.2) is 17.9 Å². The summed E-state index contributed by atoms with van der Waals surface area (Å²) in [4.78, 5) is 11.6. The van der Waals surface area contributed by atoms with E-state index in [-0.39, 0.29) is 29.0 Å². The van der Waals surface area contributed by atoms with E-state index in [1.807, 2.05) is 13.8 Å². The minimum absolute atomic E-state index is 0.0227. The molecule has 1 heterocycles. The van der Waals surface area contributed by atoms with Gasteiger partial charge in [0.05, 0.1) is 6.54 Å². The van der Waals surface area contributed by atoms with Gasteiger partial charge < -0.3 is 10.4 Å². The first-order valence-corrected chi connectivity index (χ1v) is 7.68. The van der Waals surface area contributed by atoms with Crippen LogP contribution in [-0.4, -0.2) is 33.2 Å². The summed E-state index contributed by atoms with van der Waals surface area (Å²) in [6.07, 6.45) is 0. The van der Waals surface area contributed by atoms with Gasteiger partial charge in [0.1, 0.15) is 9.15 Å². The van der Waals surface area contributed by atoms with Crippen LogP contribution in [0.2, 0.25) is 0 Å². The van der Waals surface area contributed by atoms with Gasteiger partial charge in [-0.2, -0.15) is 9.77 Å². The molecule has 0 amide bonds. The van der Waals surface area contributed by atoms with Crippen LogP contribution in [0.25, 0.3) is 0 Å². The first-order chi connectivity index (χ1) is 7.72. The zero-order valence-corrected chi connectivity index (χ0v) is 11.0. The molecule has 0 fully saturated rings. The predicted octanol–water partition coefficient (Wildman–Crippen LogP) is -0.925. The molecule has 17 heavy (non-hydrogen) atoms. The molecule has 0 atom stereocenters. The lowest BCUT2D eigenvalue weighted by molar-refractivity contribution is 0.482. The maximum Gasteiger partial charge on any atom is 0.364 e. The average Bonchev–Trinajstić information content (AvgIpc) is 2.44. The van der Waals surface area contributed by atoms with E-state index in [0.29, 0.717) is 5.82 Å². The highest BCUT2D eigenvalue weighted by Gasteiger charge is 2.13. The predicted molar refractivity (Wildman–Crippen MR) is 62.9 cm³/mol. The molecule has 0 radical (unpaired) electrons. The summed E-state index contributed by atoms with van der Waals surface area (Å²) in [5.74, 6) is 5.84. The summed E-state index contributed by atoms with van der Waals surface area (Å²) >= 11 is 0. The minimum atomic E-state index is -4.34. The molecule has 0 saturated carbocycles. The number of rotatable bonds is 5. The Hall–Kier alpha value is -1.00. The molecule has 0 saturated heterocycles. The Kier molecular flexibility index (Phi) is 4.22. The lowest BCUT2D eigenvalue weighted by Crippen LogP contribution is -2.31. The second kappa shape index (κ2) is 5.10. The van der Waals surface area contributed by atoms with Crippen molar-refractivity contribution in [3.05, 3.63) is 16.3 Å².